The van der Waals surface area contributed by atoms with Gasteiger partial charge in [0.2, 0.25) is 0 Å². The van der Waals surface area contributed by atoms with E-state index in [1.807, 2.05) is 6.92 Å². The third-order valence-electron chi connectivity index (χ3n) is 4.78. The Bertz CT molecular complexity index is 1170. The second-order valence-corrected chi connectivity index (χ2v) is 7.66. The molecule has 1 N–H and O–H groups in total. The number of ether oxygens (including phenoxy) is 1. The van der Waals surface area contributed by atoms with Crippen molar-refractivity contribution < 1.29 is 13.9 Å². The van der Waals surface area contributed by atoms with Crippen molar-refractivity contribution in [1.82, 2.24) is 0 Å². The van der Waals surface area contributed by atoms with Crippen LogP contribution in [-0.4, -0.2) is 12.5 Å². The quantitative estimate of drug-likeness (QED) is 0.668. The highest BCUT2D eigenvalue weighted by Gasteiger charge is 2.23. The first-order valence-corrected chi connectivity index (χ1v) is 9.99. The van der Waals surface area contributed by atoms with Crippen molar-refractivity contribution in [1.29, 1.82) is 5.26 Å². The van der Waals surface area contributed by atoms with E-state index in [0.29, 0.717) is 28.3 Å². The number of carbonyl (C=O) groups excluding carboxylic acids is 1. The molecular formula is C21H18N2O4S. The zero-order chi connectivity index (χ0) is 19.7. The maximum absolute atomic E-state index is 12.9. The number of hydrogen-bond donors (Lipinski definition) is 1. The summed E-state index contributed by atoms with van der Waals surface area (Å²) in [6.45, 7) is 2.34. The first-order valence-electron chi connectivity index (χ1n) is 9.17. The topological polar surface area (TPSA) is 92.3 Å². The van der Waals surface area contributed by atoms with Gasteiger partial charge in [0.05, 0.1) is 17.7 Å². The molecule has 0 saturated carbocycles. The number of nitriles is 1. The van der Waals surface area contributed by atoms with Gasteiger partial charge in [0.15, 0.2) is 0 Å². The van der Waals surface area contributed by atoms with Crippen LogP contribution in [0.15, 0.2) is 33.5 Å². The van der Waals surface area contributed by atoms with Gasteiger partial charge in [-0.1, -0.05) is 0 Å². The molecule has 2 aromatic heterocycles. The average molecular weight is 394 g/mol. The fourth-order valence-corrected chi connectivity index (χ4v) is 4.76. The van der Waals surface area contributed by atoms with Crippen LogP contribution in [0, 0.1) is 11.3 Å². The van der Waals surface area contributed by atoms with Gasteiger partial charge in [0, 0.05) is 22.4 Å². The molecule has 1 aliphatic carbocycles. The molecule has 0 radical (unpaired) electrons. The lowest BCUT2D eigenvalue weighted by Gasteiger charge is -2.09. The Kier molecular flexibility index (Phi) is 4.88. The van der Waals surface area contributed by atoms with Gasteiger partial charge in [-0.3, -0.25) is 4.79 Å². The van der Waals surface area contributed by atoms with Crippen LogP contribution >= 0.6 is 11.3 Å². The number of rotatable bonds is 4. The summed E-state index contributed by atoms with van der Waals surface area (Å²) in [4.78, 5) is 26.1. The average Bonchev–Trinajstić information content (AvgIpc) is 3.04. The lowest BCUT2D eigenvalue weighted by molar-refractivity contribution is 0.102. The van der Waals surface area contributed by atoms with Crippen LogP contribution in [0.25, 0.3) is 11.0 Å². The molecule has 0 aliphatic heterocycles. The molecule has 0 atom stereocenters. The van der Waals surface area contributed by atoms with Gasteiger partial charge in [-0.15, -0.1) is 11.3 Å². The van der Waals surface area contributed by atoms with E-state index in [4.69, 9.17) is 9.15 Å². The monoisotopic (exact) mass is 394 g/mol. The molecule has 0 fully saturated rings. The Morgan fingerprint density at radius 1 is 1.32 bits per heavy atom. The summed E-state index contributed by atoms with van der Waals surface area (Å²) in [5, 5.41) is 13.5. The van der Waals surface area contributed by atoms with E-state index in [2.05, 4.69) is 11.4 Å². The lowest BCUT2D eigenvalue weighted by Crippen LogP contribution is -2.15. The first kappa shape index (κ1) is 18.3. The number of carbonyl (C=O) groups is 1. The number of anilines is 1. The minimum atomic E-state index is -0.614. The highest BCUT2D eigenvalue weighted by molar-refractivity contribution is 7.16. The third kappa shape index (κ3) is 3.27. The van der Waals surface area contributed by atoms with Gasteiger partial charge in [0.1, 0.15) is 22.4 Å². The number of amides is 1. The summed E-state index contributed by atoms with van der Waals surface area (Å²) < 4.78 is 10.7. The Morgan fingerprint density at radius 2 is 2.14 bits per heavy atom. The van der Waals surface area contributed by atoms with Gasteiger partial charge < -0.3 is 14.5 Å². The molecule has 0 bridgehead atoms. The highest BCUT2D eigenvalue weighted by Crippen LogP contribution is 2.38. The number of fused-ring (bicyclic) bond motifs is 2. The second-order valence-electron chi connectivity index (χ2n) is 6.55. The minimum absolute atomic E-state index is 0.213. The smallest absolute Gasteiger partial charge is 0.337 e. The number of benzene rings is 1. The summed E-state index contributed by atoms with van der Waals surface area (Å²) in [5.41, 5.74) is 1.48. The van der Waals surface area contributed by atoms with Crippen molar-refractivity contribution in [2.75, 3.05) is 11.9 Å². The number of nitrogens with zero attached hydrogens (tertiary/aromatic N) is 1. The second kappa shape index (κ2) is 7.49. The maximum atomic E-state index is 12.9. The van der Waals surface area contributed by atoms with Crippen molar-refractivity contribution in [2.24, 2.45) is 0 Å². The molecule has 0 unspecified atom stereocenters. The van der Waals surface area contributed by atoms with Crippen molar-refractivity contribution in [3.05, 3.63) is 56.3 Å². The predicted molar refractivity (Wildman–Crippen MR) is 107 cm³/mol. The van der Waals surface area contributed by atoms with E-state index in [9.17, 15) is 14.9 Å². The molecule has 0 spiro atoms. The van der Waals surface area contributed by atoms with Crippen LogP contribution in [0.5, 0.6) is 5.75 Å². The Hall–Kier alpha value is -3.11. The molecule has 2 heterocycles. The van der Waals surface area contributed by atoms with Crippen LogP contribution in [0.4, 0.5) is 5.00 Å². The molecular weight excluding hydrogens is 376 g/mol. The molecule has 1 aromatic carbocycles. The van der Waals surface area contributed by atoms with Crippen molar-refractivity contribution in [2.45, 2.75) is 32.6 Å². The normalized spacial score (nSPS) is 13.0. The number of nitrogens with one attached hydrogen (secondary N) is 1. The SMILES string of the molecule is CCOc1ccc2c(C(=O)Nc3sc4c(c3C#N)CCCC4)cc(=O)oc2c1. The third-order valence-corrected chi connectivity index (χ3v) is 5.99. The molecule has 3 aromatic rings. The van der Waals surface area contributed by atoms with E-state index in [1.165, 1.54) is 17.4 Å². The minimum Gasteiger partial charge on any atom is -0.494 e. The van der Waals surface area contributed by atoms with E-state index in [-0.39, 0.29) is 11.1 Å². The Balaban J connectivity index is 1.73. The molecule has 0 saturated heterocycles. The fourth-order valence-electron chi connectivity index (χ4n) is 3.53. The molecule has 1 aliphatic rings. The summed E-state index contributed by atoms with van der Waals surface area (Å²) in [6, 6.07) is 8.43. The largest absolute Gasteiger partial charge is 0.494 e. The molecule has 6 nitrogen and oxygen atoms in total. The molecule has 142 valence electrons. The molecule has 1 amide bonds. The molecule has 28 heavy (non-hydrogen) atoms. The first-order chi connectivity index (χ1) is 13.6. The molecule has 7 heteroatoms. The van der Waals surface area contributed by atoms with E-state index >= 15 is 0 Å². The Labute approximate surface area is 165 Å². The van der Waals surface area contributed by atoms with E-state index in [1.54, 1.807) is 18.2 Å². The predicted octanol–water partition coefficient (Wildman–Crippen LogP) is 4.26. The lowest BCUT2D eigenvalue weighted by atomic mass is 9.96. The zero-order valence-corrected chi connectivity index (χ0v) is 16.1. The van der Waals surface area contributed by atoms with Crippen LogP contribution in [0.3, 0.4) is 0 Å². The van der Waals surface area contributed by atoms with Crippen molar-refractivity contribution in [3.8, 4) is 11.8 Å². The standard InChI is InChI=1S/C21H18N2O4S/c1-2-26-12-7-8-13-15(10-19(24)27-17(13)9-12)20(25)23-21-16(11-22)14-5-3-4-6-18(14)28-21/h7-10H,2-6H2,1H3,(H,23,25). The summed E-state index contributed by atoms with van der Waals surface area (Å²) >= 11 is 1.45. The maximum Gasteiger partial charge on any atom is 0.337 e. The Morgan fingerprint density at radius 3 is 2.93 bits per heavy atom. The fraction of sp³-hybridized carbons (Fsp3) is 0.286. The van der Waals surface area contributed by atoms with Crippen LogP contribution in [0.2, 0.25) is 0 Å². The highest BCUT2D eigenvalue weighted by atomic mass is 32.1. The summed E-state index contributed by atoms with van der Waals surface area (Å²) in [6.07, 6.45) is 3.95. The van der Waals surface area contributed by atoms with Crippen LogP contribution in [-0.2, 0) is 12.8 Å². The van der Waals surface area contributed by atoms with Gasteiger partial charge in [-0.05, 0) is 50.3 Å². The van der Waals surface area contributed by atoms with Crippen molar-refractivity contribution >= 4 is 33.2 Å². The number of hydrogen-bond acceptors (Lipinski definition) is 6. The van der Waals surface area contributed by atoms with Gasteiger partial charge in [-0.2, -0.15) is 5.26 Å². The molecule has 4 rings (SSSR count). The van der Waals surface area contributed by atoms with E-state index < -0.39 is 11.5 Å². The van der Waals surface area contributed by atoms with Gasteiger partial charge in [-0.25, -0.2) is 4.79 Å². The zero-order valence-electron chi connectivity index (χ0n) is 15.3. The van der Waals surface area contributed by atoms with E-state index in [0.717, 1.165) is 36.1 Å². The van der Waals surface area contributed by atoms with Crippen LogP contribution in [0.1, 0.15) is 46.1 Å². The van der Waals surface area contributed by atoms with Crippen molar-refractivity contribution in [3.63, 3.8) is 0 Å². The number of thiophene rings is 1. The van der Waals surface area contributed by atoms with Gasteiger partial charge in [0.25, 0.3) is 5.91 Å². The van der Waals surface area contributed by atoms with Crippen LogP contribution < -0.4 is 15.7 Å². The summed E-state index contributed by atoms with van der Waals surface area (Å²) in [5.74, 6) is 0.130. The number of aryl methyl sites for hydroxylation is 1. The summed E-state index contributed by atoms with van der Waals surface area (Å²) in [7, 11) is 0. The van der Waals surface area contributed by atoms with Gasteiger partial charge >= 0.3 is 5.63 Å².